The van der Waals surface area contributed by atoms with Crippen LogP contribution >= 0.6 is 11.8 Å². The van der Waals surface area contributed by atoms with E-state index < -0.39 is 0 Å². The van der Waals surface area contributed by atoms with Gasteiger partial charge in [0, 0.05) is 11.6 Å². The Morgan fingerprint density at radius 3 is 2.59 bits per heavy atom. The molecule has 0 bridgehead atoms. The van der Waals surface area contributed by atoms with Gasteiger partial charge in [0.1, 0.15) is 22.9 Å². The van der Waals surface area contributed by atoms with E-state index in [-0.39, 0.29) is 11.5 Å². The molecule has 0 fully saturated rings. The predicted molar refractivity (Wildman–Crippen MR) is 109 cm³/mol. The van der Waals surface area contributed by atoms with Crippen LogP contribution in [0.15, 0.2) is 59.9 Å². The third-order valence-corrected chi connectivity index (χ3v) is 5.23. The van der Waals surface area contributed by atoms with E-state index in [1.165, 1.54) is 18.1 Å². The fraction of sp³-hybridized carbons (Fsp3) is 0.150. The zero-order chi connectivity index (χ0) is 20.2. The number of ether oxygens (including phenoxy) is 2. The zero-order valence-electron chi connectivity index (χ0n) is 15.8. The number of thioether (sulfide) groups is 1. The number of hydrogen-bond acceptors (Lipinski definition) is 8. The maximum absolute atomic E-state index is 12.5. The van der Waals surface area contributed by atoms with Gasteiger partial charge in [-0.05, 0) is 36.4 Å². The van der Waals surface area contributed by atoms with Crippen molar-refractivity contribution in [3.8, 4) is 17.2 Å². The van der Waals surface area contributed by atoms with Crippen LogP contribution in [0.25, 0.3) is 16.9 Å². The summed E-state index contributed by atoms with van der Waals surface area (Å²) in [4.78, 5) is 21.1. The fourth-order valence-electron chi connectivity index (χ4n) is 2.74. The molecule has 2 heterocycles. The number of hydrogen-bond donors (Lipinski definition) is 0. The topological polar surface area (TPSA) is 92.0 Å². The van der Waals surface area contributed by atoms with E-state index in [0.29, 0.717) is 33.3 Å². The lowest BCUT2D eigenvalue weighted by molar-refractivity contribution is 0.102. The maximum Gasteiger partial charge on any atom is 0.187 e. The Hall–Kier alpha value is -3.46. The molecule has 0 spiro atoms. The van der Waals surface area contributed by atoms with Crippen LogP contribution in [0.1, 0.15) is 10.4 Å². The van der Waals surface area contributed by atoms with Gasteiger partial charge in [0.15, 0.2) is 16.9 Å². The van der Waals surface area contributed by atoms with Crippen LogP contribution in [0.4, 0.5) is 0 Å². The molecule has 0 aliphatic carbocycles. The van der Waals surface area contributed by atoms with Crippen molar-refractivity contribution in [1.29, 1.82) is 0 Å². The first-order chi connectivity index (χ1) is 14.2. The molecule has 9 heteroatoms. The molecule has 2 aromatic carbocycles. The van der Waals surface area contributed by atoms with E-state index in [9.17, 15) is 4.79 Å². The molecular formula is C20H17N5O3S. The average molecular weight is 407 g/mol. The minimum Gasteiger partial charge on any atom is -0.497 e. The SMILES string of the molecule is COc1ccc(C(=O)CSc2ncnc3c2nnn3-c2cccc(OC)c2)cc1. The molecule has 0 amide bonds. The van der Waals surface area contributed by atoms with E-state index in [0.717, 1.165) is 5.69 Å². The molecule has 29 heavy (non-hydrogen) atoms. The molecule has 0 radical (unpaired) electrons. The first kappa shape index (κ1) is 18.9. The van der Waals surface area contributed by atoms with Crippen LogP contribution in [0.5, 0.6) is 11.5 Å². The van der Waals surface area contributed by atoms with Gasteiger partial charge in [0.25, 0.3) is 0 Å². The van der Waals surface area contributed by atoms with Crippen molar-refractivity contribution in [3.63, 3.8) is 0 Å². The summed E-state index contributed by atoms with van der Waals surface area (Å²) in [7, 11) is 3.20. The van der Waals surface area contributed by atoms with Gasteiger partial charge < -0.3 is 9.47 Å². The third kappa shape index (κ3) is 3.90. The Labute approximate surface area is 170 Å². The molecule has 2 aromatic heterocycles. The minimum absolute atomic E-state index is 0.00963. The maximum atomic E-state index is 12.5. The highest BCUT2D eigenvalue weighted by molar-refractivity contribution is 8.00. The van der Waals surface area contributed by atoms with E-state index >= 15 is 0 Å². The van der Waals surface area contributed by atoms with Crippen molar-refractivity contribution in [2.45, 2.75) is 5.03 Å². The molecule has 4 aromatic rings. The second kappa shape index (κ2) is 8.27. The number of methoxy groups -OCH3 is 2. The Balaban J connectivity index is 1.57. The number of rotatable bonds is 7. The van der Waals surface area contributed by atoms with Gasteiger partial charge in [-0.25, -0.2) is 9.97 Å². The molecule has 146 valence electrons. The lowest BCUT2D eigenvalue weighted by Gasteiger charge is -2.05. The lowest BCUT2D eigenvalue weighted by atomic mass is 10.1. The number of benzene rings is 2. The van der Waals surface area contributed by atoms with Gasteiger partial charge in [-0.3, -0.25) is 4.79 Å². The van der Waals surface area contributed by atoms with Crippen molar-refractivity contribution in [3.05, 3.63) is 60.4 Å². The summed E-state index contributed by atoms with van der Waals surface area (Å²) in [6.45, 7) is 0. The van der Waals surface area contributed by atoms with Gasteiger partial charge in [-0.1, -0.05) is 23.0 Å². The Kier molecular flexibility index (Phi) is 5.39. The predicted octanol–water partition coefficient (Wildman–Crippen LogP) is 3.20. The number of Topliss-reactive ketones (excluding diaryl/α,β-unsaturated/α-hetero) is 1. The van der Waals surface area contributed by atoms with E-state index in [2.05, 4.69) is 20.3 Å². The Morgan fingerprint density at radius 2 is 1.83 bits per heavy atom. The van der Waals surface area contributed by atoms with Gasteiger partial charge in [-0.15, -0.1) is 5.10 Å². The van der Waals surface area contributed by atoms with Gasteiger partial charge in [0.05, 0.1) is 25.7 Å². The quantitative estimate of drug-likeness (QED) is 0.262. The molecule has 0 saturated carbocycles. The van der Waals surface area contributed by atoms with Crippen LogP contribution in [0, 0.1) is 0 Å². The molecule has 0 N–H and O–H groups in total. The first-order valence-electron chi connectivity index (χ1n) is 8.70. The normalized spacial score (nSPS) is 10.8. The van der Waals surface area contributed by atoms with Crippen molar-refractivity contribution in [2.24, 2.45) is 0 Å². The summed E-state index contributed by atoms with van der Waals surface area (Å²) in [5, 5.41) is 9.03. The molecule has 0 atom stereocenters. The summed E-state index contributed by atoms with van der Waals surface area (Å²) in [5.41, 5.74) is 2.50. The number of nitrogens with zero attached hydrogens (tertiary/aromatic N) is 5. The van der Waals surface area contributed by atoms with Crippen LogP contribution in [-0.2, 0) is 0 Å². The van der Waals surface area contributed by atoms with Crippen molar-refractivity contribution < 1.29 is 14.3 Å². The molecule has 0 saturated heterocycles. The summed E-state index contributed by atoms with van der Waals surface area (Å²) in [5.74, 6) is 1.63. The number of aromatic nitrogens is 5. The van der Waals surface area contributed by atoms with Crippen LogP contribution in [0.2, 0.25) is 0 Å². The highest BCUT2D eigenvalue weighted by Crippen LogP contribution is 2.26. The number of carbonyl (C=O) groups excluding carboxylic acids is 1. The second-order valence-electron chi connectivity index (χ2n) is 5.99. The smallest absolute Gasteiger partial charge is 0.187 e. The summed E-state index contributed by atoms with van der Waals surface area (Å²) in [6, 6.07) is 14.5. The highest BCUT2D eigenvalue weighted by Gasteiger charge is 2.15. The molecule has 4 rings (SSSR count). The van der Waals surface area contributed by atoms with Gasteiger partial charge in [-0.2, -0.15) is 4.68 Å². The lowest BCUT2D eigenvalue weighted by Crippen LogP contribution is -2.03. The molecule has 0 unspecified atom stereocenters. The number of fused-ring (bicyclic) bond motifs is 1. The number of ketones is 1. The molecule has 8 nitrogen and oxygen atoms in total. The Bertz CT molecular complexity index is 1160. The van der Waals surface area contributed by atoms with Crippen LogP contribution < -0.4 is 9.47 Å². The Morgan fingerprint density at radius 1 is 1.03 bits per heavy atom. The molecule has 0 aliphatic heterocycles. The summed E-state index contributed by atoms with van der Waals surface area (Å²) >= 11 is 1.31. The molecular weight excluding hydrogens is 390 g/mol. The summed E-state index contributed by atoms with van der Waals surface area (Å²) in [6.07, 6.45) is 1.45. The van der Waals surface area contributed by atoms with E-state index in [1.54, 1.807) is 43.2 Å². The third-order valence-electron chi connectivity index (χ3n) is 4.25. The van der Waals surface area contributed by atoms with Crippen molar-refractivity contribution in [2.75, 3.05) is 20.0 Å². The monoisotopic (exact) mass is 407 g/mol. The van der Waals surface area contributed by atoms with Crippen molar-refractivity contribution >= 4 is 28.7 Å². The minimum atomic E-state index is -0.00963. The molecule has 0 aliphatic rings. The standard InChI is InChI=1S/C20H17N5O3S/c1-27-15-8-6-13(7-9-15)17(26)11-29-20-18-19(21-12-22-20)25(24-23-18)14-4-3-5-16(10-14)28-2/h3-10,12H,11H2,1-2H3. The largest absolute Gasteiger partial charge is 0.497 e. The summed E-state index contributed by atoms with van der Waals surface area (Å²) < 4.78 is 12.0. The first-order valence-corrected chi connectivity index (χ1v) is 9.69. The van der Waals surface area contributed by atoms with Crippen LogP contribution in [0.3, 0.4) is 0 Å². The van der Waals surface area contributed by atoms with E-state index in [4.69, 9.17) is 9.47 Å². The van der Waals surface area contributed by atoms with Gasteiger partial charge >= 0.3 is 0 Å². The van der Waals surface area contributed by atoms with Gasteiger partial charge in [0.2, 0.25) is 0 Å². The fourth-order valence-corrected chi connectivity index (χ4v) is 3.57. The van der Waals surface area contributed by atoms with E-state index in [1.807, 2.05) is 24.3 Å². The highest BCUT2D eigenvalue weighted by atomic mass is 32.2. The average Bonchev–Trinajstić information content (AvgIpc) is 3.22. The van der Waals surface area contributed by atoms with Crippen LogP contribution in [-0.4, -0.2) is 50.7 Å². The zero-order valence-corrected chi connectivity index (χ0v) is 16.6. The van der Waals surface area contributed by atoms with Crippen molar-refractivity contribution in [1.82, 2.24) is 25.0 Å². The second-order valence-corrected chi connectivity index (χ2v) is 6.96. The number of carbonyl (C=O) groups is 1.